The van der Waals surface area contributed by atoms with Gasteiger partial charge in [-0.15, -0.1) is 0 Å². The summed E-state index contributed by atoms with van der Waals surface area (Å²) in [5.74, 6) is 0.584. The molecule has 5 nitrogen and oxygen atoms in total. The lowest BCUT2D eigenvalue weighted by atomic mass is 9.87. The number of rotatable bonds is 4. The van der Waals surface area contributed by atoms with Gasteiger partial charge >= 0.3 is 0 Å². The van der Waals surface area contributed by atoms with Crippen molar-refractivity contribution in [2.45, 2.75) is 38.6 Å². The van der Waals surface area contributed by atoms with Gasteiger partial charge in [-0.05, 0) is 37.7 Å². The summed E-state index contributed by atoms with van der Waals surface area (Å²) >= 11 is 0. The van der Waals surface area contributed by atoms with Crippen molar-refractivity contribution < 1.29 is 13.9 Å². The number of methoxy groups -OCH3 is 1. The molecule has 2 aromatic rings. The molecular formula is C17H20FN3O2. The zero-order valence-corrected chi connectivity index (χ0v) is 13.3. The van der Waals surface area contributed by atoms with Crippen molar-refractivity contribution >= 4 is 6.29 Å². The van der Waals surface area contributed by atoms with Crippen LogP contribution in [0.5, 0.6) is 5.88 Å². The summed E-state index contributed by atoms with van der Waals surface area (Å²) in [5, 5.41) is 4.37. The second-order valence-corrected chi connectivity index (χ2v) is 6.14. The maximum atomic E-state index is 14.3. The van der Waals surface area contributed by atoms with Crippen molar-refractivity contribution in [2.75, 3.05) is 7.11 Å². The summed E-state index contributed by atoms with van der Waals surface area (Å²) in [6.07, 6.45) is 6.03. The third kappa shape index (κ3) is 3.11. The SMILES string of the molecule is COc1cc(-c2cc(C=O)nn2C2CCC(C)CC2)c(F)cn1. The highest BCUT2D eigenvalue weighted by molar-refractivity contribution is 5.76. The van der Waals surface area contributed by atoms with E-state index in [-0.39, 0.29) is 6.04 Å². The molecule has 0 unspecified atom stereocenters. The Bertz CT molecular complexity index is 706. The van der Waals surface area contributed by atoms with Crippen molar-refractivity contribution in [2.24, 2.45) is 5.92 Å². The Kier molecular flexibility index (Phi) is 4.41. The van der Waals surface area contributed by atoms with E-state index in [0.29, 0.717) is 35.0 Å². The topological polar surface area (TPSA) is 57.0 Å². The molecule has 2 aromatic heterocycles. The monoisotopic (exact) mass is 317 g/mol. The molecule has 0 spiro atoms. The van der Waals surface area contributed by atoms with Crippen molar-refractivity contribution in [3.63, 3.8) is 0 Å². The van der Waals surface area contributed by atoms with Gasteiger partial charge in [-0.1, -0.05) is 6.92 Å². The molecule has 23 heavy (non-hydrogen) atoms. The van der Waals surface area contributed by atoms with E-state index in [4.69, 9.17) is 4.74 Å². The fourth-order valence-electron chi connectivity index (χ4n) is 3.16. The summed E-state index contributed by atoms with van der Waals surface area (Å²) in [6, 6.07) is 3.36. The number of aldehydes is 1. The van der Waals surface area contributed by atoms with Gasteiger partial charge in [0.25, 0.3) is 0 Å². The number of hydrogen-bond acceptors (Lipinski definition) is 4. The average Bonchev–Trinajstić information content (AvgIpc) is 3.00. The van der Waals surface area contributed by atoms with Gasteiger partial charge < -0.3 is 4.74 Å². The van der Waals surface area contributed by atoms with Gasteiger partial charge in [0.05, 0.1) is 25.0 Å². The maximum Gasteiger partial charge on any atom is 0.213 e. The highest BCUT2D eigenvalue weighted by Crippen LogP contribution is 2.36. The lowest BCUT2D eigenvalue weighted by Gasteiger charge is -2.27. The van der Waals surface area contributed by atoms with Crippen molar-refractivity contribution in [3.05, 3.63) is 29.8 Å². The predicted octanol–water partition coefficient (Wildman–Crippen LogP) is 3.66. The summed E-state index contributed by atoms with van der Waals surface area (Å²) in [5.41, 5.74) is 1.27. The first-order valence-corrected chi connectivity index (χ1v) is 7.87. The molecule has 1 fully saturated rings. The molecule has 3 rings (SSSR count). The summed E-state index contributed by atoms with van der Waals surface area (Å²) in [6.45, 7) is 2.24. The number of pyridine rings is 1. The van der Waals surface area contributed by atoms with E-state index >= 15 is 0 Å². The van der Waals surface area contributed by atoms with Crippen LogP contribution in [-0.2, 0) is 0 Å². The second-order valence-electron chi connectivity index (χ2n) is 6.14. The highest BCUT2D eigenvalue weighted by atomic mass is 19.1. The van der Waals surface area contributed by atoms with Crippen LogP contribution in [0.15, 0.2) is 18.3 Å². The largest absolute Gasteiger partial charge is 0.481 e. The number of hydrogen-bond donors (Lipinski definition) is 0. The van der Waals surface area contributed by atoms with Crippen LogP contribution in [0, 0.1) is 11.7 Å². The highest BCUT2D eigenvalue weighted by Gasteiger charge is 2.24. The quantitative estimate of drug-likeness (QED) is 0.808. The van der Waals surface area contributed by atoms with Gasteiger partial charge in [0.1, 0.15) is 5.69 Å². The molecule has 0 radical (unpaired) electrons. The van der Waals surface area contributed by atoms with Crippen LogP contribution in [0.1, 0.15) is 49.1 Å². The molecule has 0 atom stereocenters. The predicted molar refractivity (Wildman–Crippen MR) is 84.0 cm³/mol. The van der Waals surface area contributed by atoms with Crippen LogP contribution in [-0.4, -0.2) is 28.2 Å². The van der Waals surface area contributed by atoms with E-state index < -0.39 is 5.82 Å². The van der Waals surface area contributed by atoms with Crippen molar-refractivity contribution in [3.8, 4) is 17.1 Å². The van der Waals surface area contributed by atoms with Gasteiger partial charge in [-0.25, -0.2) is 9.37 Å². The first kappa shape index (κ1) is 15.6. The minimum Gasteiger partial charge on any atom is -0.481 e. The standard InChI is InChI=1S/C17H20FN3O2/c1-11-3-5-13(6-4-11)21-16(7-12(10-22)20-21)14-8-17(23-2)19-9-15(14)18/h7-11,13H,3-6H2,1-2H3. The van der Waals surface area contributed by atoms with Gasteiger partial charge in [-0.2, -0.15) is 5.10 Å². The molecule has 0 N–H and O–H groups in total. The van der Waals surface area contributed by atoms with E-state index in [0.717, 1.165) is 31.9 Å². The smallest absolute Gasteiger partial charge is 0.213 e. The van der Waals surface area contributed by atoms with Gasteiger partial charge in [0.2, 0.25) is 5.88 Å². The van der Waals surface area contributed by atoms with Crippen LogP contribution in [0.2, 0.25) is 0 Å². The minimum absolute atomic E-state index is 0.188. The third-order valence-corrected chi connectivity index (χ3v) is 4.52. The molecule has 6 heteroatoms. The van der Waals surface area contributed by atoms with E-state index in [2.05, 4.69) is 17.0 Å². The number of halogens is 1. The van der Waals surface area contributed by atoms with Gasteiger partial charge in [0, 0.05) is 11.6 Å². The lowest BCUT2D eigenvalue weighted by Crippen LogP contribution is -2.19. The molecule has 122 valence electrons. The number of ether oxygens (including phenoxy) is 1. The number of nitrogens with zero attached hydrogens (tertiary/aromatic N) is 3. The first-order chi connectivity index (χ1) is 11.1. The molecule has 0 aromatic carbocycles. The Morgan fingerprint density at radius 1 is 1.30 bits per heavy atom. The van der Waals surface area contributed by atoms with E-state index in [1.807, 2.05) is 0 Å². The second kappa shape index (κ2) is 6.48. The molecule has 0 aliphatic heterocycles. The van der Waals surface area contributed by atoms with E-state index in [1.165, 1.54) is 7.11 Å². The maximum absolute atomic E-state index is 14.3. The van der Waals surface area contributed by atoms with Gasteiger partial charge in [-0.3, -0.25) is 9.48 Å². The van der Waals surface area contributed by atoms with Crippen molar-refractivity contribution in [1.82, 2.24) is 14.8 Å². The molecule has 1 aliphatic carbocycles. The molecule has 1 aliphatic rings. The Morgan fingerprint density at radius 3 is 2.70 bits per heavy atom. The number of carbonyl (C=O) groups is 1. The molecular weight excluding hydrogens is 297 g/mol. The Morgan fingerprint density at radius 2 is 2.04 bits per heavy atom. The summed E-state index contributed by atoms with van der Waals surface area (Å²) in [4.78, 5) is 15.0. The lowest BCUT2D eigenvalue weighted by molar-refractivity contribution is 0.111. The molecule has 0 saturated heterocycles. The third-order valence-electron chi connectivity index (χ3n) is 4.52. The van der Waals surface area contributed by atoms with E-state index in [1.54, 1.807) is 16.8 Å². The van der Waals surface area contributed by atoms with Gasteiger partial charge in [0.15, 0.2) is 12.1 Å². The first-order valence-electron chi connectivity index (χ1n) is 7.87. The fraction of sp³-hybridized carbons (Fsp3) is 0.471. The van der Waals surface area contributed by atoms with E-state index in [9.17, 15) is 9.18 Å². The van der Waals surface area contributed by atoms with Crippen LogP contribution in [0.4, 0.5) is 4.39 Å². The summed E-state index contributed by atoms with van der Waals surface area (Å²) in [7, 11) is 1.49. The van der Waals surface area contributed by atoms with Crippen LogP contribution < -0.4 is 4.74 Å². The Balaban J connectivity index is 2.05. The molecule has 1 saturated carbocycles. The van der Waals surface area contributed by atoms with Crippen LogP contribution in [0.3, 0.4) is 0 Å². The normalized spacial score (nSPS) is 21.2. The number of aromatic nitrogens is 3. The number of carbonyl (C=O) groups excluding carboxylic acids is 1. The fourth-order valence-corrected chi connectivity index (χ4v) is 3.16. The molecule has 2 heterocycles. The minimum atomic E-state index is -0.450. The summed E-state index contributed by atoms with van der Waals surface area (Å²) < 4.78 is 21.2. The zero-order valence-electron chi connectivity index (χ0n) is 13.3. The zero-order chi connectivity index (χ0) is 16.4. The van der Waals surface area contributed by atoms with Crippen LogP contribution >= 0.6 is 0 Å². The molecule has 0 bridgehead atoms. The molecule has 0 amide bonds. The Hall–Kier alpha value is -2.24. The van der Waals surface area contributed by atoms with Crippen LogP contribution in [0.25, 0.3) is 11.3 Å². The Labute approximate surface area is 134 Å². The average molecular weight is 317 g/mol. The van der Waals surface area contributed by atoms with Crippen molar-refractivity contribution in [1.29, 1.82) is 0 Å².